The van der Waals surface area contributed by atoms with Crippen LogP contribution in [0.4, 0.5) is 0 Å². The minimum atomic E-state index is -0.290. The maximum absolute atomic E-state index is 11.7. The molecule has 100 valence electrons. The van der Waals surface area contributed by atoms with Crippen molar-refractivity contribution in [2.75, 3.05) is 13.2 Å². The normalized spacial score (nSPS) is 11.3. The van der Waals surface area contributed by atoms with Crippen LogP contribution in [0.1, 0.15) is 40.5 Å². The monoisotopic (exact) mass is 241 g/mol. The zero-order valence-electron chi connectivity index (χ0n) is 11.7. The van der Waals surface area contributed by atoms with Gasteiger partial charge >= 0.3 is 5.97 Å². The zero-order valence-corrected chi connectivity index (χ0v) is 11.7. The summed E-state index contributed by atoms with van der Waals surface area (Å²) < 4.78 is 5.03. The van der Waals surface area contributed by atoms with E-state index in [1.54, 1.807) is 0 Å². The first-order chi connectivity index (χ1) is 7.88. The molecule has 0 bridgehead atoms. The Kier molecular flexibility index (Phi) is 7.88. The molecular formula is C14H27NO2. The van der Waals surface area contributed by atoms with Gasteiger partial charge in [-0.05, 0) is 30.6 Å². The number of hydrogen-bond acceptors (Lipinski definition) is 3. The highest BCUT2D eigenvalue weighted by molar-refractivity contribution is 5.88. The molecule has 0 aliphatic rings. The van der Waals surface area contributed by atoms with Gasteiger partial charge in [0.25, 0.3) is 0 Å². The van der Waals surface area contributed by atoms with E-state index in [1.807, 2.05) is 0 Å². The Morgan fingerprint density at radius 1 is 1.18 bits per heavy atom. The quantitative estimate of drug-likeness (QED) is 0.525. The molecule has 0 amide bonds. The molecule has 2 N–H and O–H groups in total. The second-order valence-electron chi connectivity index (χ2n) is 5.41. The van der Waals surface area contributed by atoms with E-state index in [1.165, 1.54) is 0 Å². The summed E-state index contributed by atoms with van der Waals surface area (Å²) in [6.07, 6.45) is 1.96. The second kappa shape index (κ2) is 8.29. The molecule has 17 heavy (non-hydrogen) atoms. The van der Waals surface area contributed by atoms with Crippen molar-refractivity contribution in [2.24, 2.45) is 23.5 Å². The molecule has 0 aliphatic heterocycles. The number of rotatable bonds is 8. The first-order valence-corrected chi connectivity index (χ1v) is 6.44. The molecule has 3 nitrogen and oxygen atoms in total. The number of esters is 1. The molecule has 0 aliphatic carbocycles. The van der Waals surface area contributed by atoms with Gasteiger partial charge in [-0.1, -0.05) is 34.3 Å². The fourth-order valence-electron chi connectivity index (χ4n) is 1.93. The topological polar surface area (TPSA) is 52.3 Å². The van der Waals surface area contributed by atoms with Crippen molar-refractivity contribution in [2.45, 2.75) is 40.5 Å². The Morgan fingerprint density at radius 2 is 1.65 bits per heavy atom. The van der Waals surface area contributed by atoms with E-state index in [0.717, 1.165) is 12.8 Å². The first kappa shape index (κ1) is 16.2. The van der Waals surface area contributed by atoms with Crippen molar-refractivity contribution < 1.29 is 9.53 Å². The molecular weight excluding hydrogens is 214 g/mol. The van der Waals surface area contributed by atoms with Gasteiger partial charge < -0.3 is 10.5 Å². The van der Waals surface area contributed by atoms with Crippen molar-refractivity contribution in [1.29, 1.82) is 0 Å². The Bertz CT molecular complexity index is 237. The molecule has 0 rings (SSSR count). The van der Waals surface area contributed by atoms with Gasteiger partial charge in [-0.2, -0.15) is 0 Å². The van der Waals surface area contributed by atoms with Crippen LogP contribution in [0.2, 0.25) is 0 Å². The lowest BCUT2D eigenvalue weighted by atomic mass is 9.84. The van der Waals surface area contributed by atoms with Gasteiger partial charge in [0.2, 0.25) is 0 Å². The summed E-state index contributed by atoms with van der Waals surface area (Å²) in [6.45, 7) is 13.2. The third-order valence-electron chi connectivity index (χ3n) is 2.62. The van der Waals surface area contributed by atoms with Crippen LogP contribution < -0.4 is 5.73 Å². The van der Waals surface area contributed by atoms with E-state index in [4.69, 9.17) is 10.5 Å². The predicted molar refractivity (Wildman–Crippen MR) is 71.6 cm³/mol. The van der Waals surface area contributed by atoms with Gasteiger partial charge in [0.05, 0.1) is 0 Å². The lowest BCUT2D eigenvalue weighted by Gasteiger charge is -2.22. The Hall–Kier alpha value is -0.830. The van der Waals surface area contributed by atoms with Crippen molar-refractivity contribution in [3.8, 4) is 0 Å². The van der Waals surface area contributed by atoms with Crippen LogP contribution in [0, 0.1) is 17.8 Å². The van der Waals surface area contributed by atoms with E-state index in [2.05, 4.69) is 34.3 Å². The average Bonchev–Trinajstić information content (AvgIpc) is 2.22. The van der Waals surface area contributed by atoms with Crippen LogP contribution in [0.3, 0.4) is 0 Å². The van der Waals surface area contributed by atoms with Crippen molar-refractivity contribution >= 4 is 5.97 Å². The lowest BCUT2D eigenvalue weighted by Crippen LogP contribution is -2.21. The second-order valence-corrected chi connectivity index (χ2v) is 5.41. The number of carbonyl (C=O) groups excluding carboxylic acids is 1. The third-order valence-corrected chi connectivity index (χ3v) is 2.62. The average molecular weight is 241 g/mol. The number of carbonyl (C=O) groups is 1. The maximum Gasteiger partial charge on any atom is 0.333 e. The molecule has 0 atom stereocenters. The van der Waals surface area contributed by atoms with E-state index >= 15 is 0 Å². The summed E-state index contributed by atoms with van der Waals surface area (Å²) >= 11 is 0. The molecule has 3 heteroatoms. The fraction of sp³-hybridized carbons (Fsp3) is 0.786. The molecule has 0 spiro atoms. The highest BCUT2D eigenvalue weighted by Crippen LogP contribution is 2.26. The summed E-state index contributed by atoms with van der Waals surface area (Å²) in [7, 11) is 0. The standard InChI is InChI=1S/C14H27NO2/c1-10(2)8-13(9-11(3)4)12(5)14(16)17-7-6-15/h10-11,13H,5-9,15H2,1-4H3. The summed E-state index contributed by atoms with van der Waals surface area (Å²) in [6, 6.07) is 0. The first-order valence-electron chi connectivity index (χ1n) is 6.44. The minimum Gasteiger partial charge on any atom is -0.461 e. The largest absolute Gasteiger partial charge is 0.461 e. The number of nitrogens with two attached hydrogens (primary N) is 1. The van der Waals surface area contributed by atoms with Crippen molar-refractivity contribution in [3.63, 3.8) is 0 Å². The SMILES string of the molecule is C=C(C(=O)OCCN)C(CC(C)C)CC(C)C. The summed E-state index contributed by atoms with van der Waals surface area (Å²) in [5, 5.41) is 0. The molecule has 0 radical (unpaired) electrons. The molecule has 0 unspecified atom stereocenters. The molecule has 0 heterocycles. The molecule has 0 aromatic heterocycles. The molecule has 0 saturated heterocycles. The Morgan fingerprint density at radius 3 is 2.00 bits per heavy atom. The van der Waals surface area contributed by atoms with Crippen LogP contribution in [0.5, 0.6) is 0 Å². The van der Waals surface area contributed by atoms with Gasteiger partial charge in [0.15, 0.2) is 0 Å². The Balaban J connectivity index is 4.45. The highest BCUT2D eigenvalue weighted by atomic mass is 16.5. The summed E-state index contributed by atoms with van der Waals surface area (Å²) in [5.41, 5.74) is 5.91. The van der Waals surface area contributed by atoms with Gasteiger partial charge in [-0.25, -0.2) is 4.79 Å². The molecule has 0 saturated carbocycles. The van der Waals surface area contributed by atoms with E-state index in [9.17, 15) is 4.79 Å². The van der Waals surface area contributed by atoms with Crippen molar-refractivity contribution in [3.05, 3.63) is 12.2 Å². The van der Waals surface area contributed by atoms with Crippen LogP contribution >= 0.6 is 0 Å². The zero-order chi connectivity index (χ0) is 13.4. The van der Waals surface area contributed by atoms with E-state index in [0.29, 0.717) is 24.0 Å². The van der Waals surface area contributed by atoms with Gasteiger partial charge in [0.1, 0.15) is 6.61 Å². The lowest BCUT2D eigenvalue weighted by molar-refractivity contribution is -0.139. The summed E-state index contributed by atoms with van der Waals surface area (Å²) in [5.74, 6) is 1.04. The molecule has 0 aromatic carbocycles. The van der Waals surface area contributed by atoms with Crippen LogP contribution in [-0.2, 0) is 9.53 Å². The summed E-state index contributed by atoms with van der Waals surface area (Å²) in [4.78, 5) is 11.7. The number of ether oxygens (including phenoxy) is 1. The van der Waals surface area contributed by atoms with Crippen LogP contribution in [0.25, 0.3) is 0 Å². The highest BCUT2D eigenvalue weighted by Gasteiger charge is 2.22. The Labute approximate surface area is 105 Å². The fourth-order valence-corrected chi connectivity index (χ4v) is 1.93. The van der Waals surface area contributed by atoms with Gasteiger partial charge in [-0.3, -0.25) is 0 Å². The minimum absolute atomic E-state index is 0.222. The van der Waals surface area contributed by atoms with Crippen LogP contribution in [-0.4, -0.2) is 19.1 Å². The van der Waals surface area contributed by atoms with Gasteiger partial charge in [-0.15, -0.1) is 0 Å². The molecule has 0 aromatic rings. The van der Waals surface area contributed by atoms with E-state index in [-0.39, 0.29) is 18.5 Å². The van der Waals surface area contributed by atoms with Crippen molar-refractivity contribution in [1.82, 2.24) is 0 Å². The molecule has 0 fully saturated rings. The third kappa shape index (κ3) is 7.16. The smallest absolute Gasteiger partial charge is 0.333 e. The predicted octanol–water partition coefficient (Wildman–Crippen LogP) is 2.75. The van der Waals surface area contributed by atoms with E-state index < -0.39 is 0 Å². The maximum atomic E-state index is 11.7. The van der Waals surface area contributed by atoms with Crippen LogP contribution in [0.15, 0.2) is 12.2 Å². The van der Waals surface area contributed by atoms with Gasteiger partial charge in [0, 0.05) is 12.1 Å². The number of hydrogen-bond donors (Lipinski definition) is 1.